The molecule has 0 radical (unpaired) electrons. The third-order valence-corrected chi connectivity index (χ3v) is 3.82. The first kappa shape index (κ1) is 9.60. The van der Waals surface area contributed by atoms with Gasteiger partial charge in [0.1, 0.15) is 5.82 Å². The van der Waals surface area contributed by atoms with Gasteiger partial charge >= 0.3 is 0 Å². The number of hydrogen-bond donors (Lipinski definition) is 2. The van der Waals surface area contributed by atoms with Gasteiger partial charge in [-0.3, -0.25) is 5.10 Å². The lowest BCUT2D eigenvalue weighted by atomic mass is 10.3. The largest absolute Gasteiger partial charge is 0.305 e. The Hall–Kier alpha value is -0.950. The second-order valence-corrected chi connectivity index (χ2v) is 5.63. The fourth-order valence-corrected chi connectivity index (χ4v) is 2.84. The lowest BCUT2D eigenvalue weighted by Crippen LogP contribution is -2.39. The van der Waals surface area contributed by atoms with E-state index < -0.39 is 9.84 Å². The molecule has 6 nitrogen and oxygen atoms in total. The number of nitrogens with zero attached hydrogens (tertiary/aromatic N) is 2. The minimum absolute atomic E-state index is 0.0876. The van der Waals surface area contributed by atoms with Crippen molar-refractivity contribution in [1.82, 2.24) is 20.5 Å². The van der Waals surface area contributed by atoms with E-state index in [1.807, 2.05) is 0 Å². The summed E-state index contributed by atoms with van der Waals surface area (Å²) in [6.45, 7) is 2.26. The molecule has 78 valence electrons. The zero-order valence-corrected chi connectivity index (χ0v) is 8.63. The van der Waals surface area contributed by atoms with E-state index in [2.05, 4.69) is 20.5 Å². The van der Waals surface area contributed by atoms with Gasteiger partial charge in [-0.25, -0.2) is 13.4 Å². The minimum atomic E-state index is -2.93. The van der Waals surface area contributed by atoms with E-state index in [1.165, 1.54) is 0 Å². The second-order valence-electron chi connectivity index (χ2n) is 3.40. The summed E-state index contributed by atoms with van der Waals surface area (Å²) in [6.07, 6.45) is 0. The molecule has 0 spiro atoms. The Labute approximate surface area is 82.0 Å². The molecule has 1 saturated heterocycles. The molecule has 2 heterocycles. The zero-order chi connectivity index (χ0) is 10.2. The van der Waals surface area contributed by atoms with E-state index in [4.69, 9.17) is 0 Å². The van der Waals surface area contributed by atoms with Crippen LogP contribution in [0, 0.1) is 6.92 Å². The quantitative estimate of drug-likeness (QED) is 0.640. The standard InChI is InChI=1S/C7H12N4O2S/c1-5-9-7(11-10-5)6-4-14(12,13)3-2-8-6/h6,8H,2-4H2,1H3,(H,9,10,11). The van der Waals surface area contributed by atoms with Gasteiger partial charge in [0.05, 0.1) is 17.5 Å². The van der Waals surface area contributed by atoms with Crippen molar-refractivity contribution in [2.24, 2.45) is 0 Å². The van der Waals surface area contributed by atoms with Crippen molar-refractivity contribution in [3.05, 3.63) is 11.6 Å². The number of aryl methyl sites for hydroxylation is 1. The minimum Gasteiger partial charge on any atom is -0.305 e. The van der Waals surface area contributed by atoms with Gasteiger partial charge in [0, 0.05) is 6.54 Å². The molecule has 0 amide bonds. The van der Waals surface area contributed by atoms with E-state index in [1.54, 1.807) is 6.92 Å². The maximum Gasteiger partial charge on any atom is 0.168 e. The number of sulfone groups is 1. The Morgan fingerprint density at radius 2 is 2.29 bits per heavy atom. The average Bonchev–Trinajstić information content (AvgIpc) is 2.50. The van der Waals surface area contributed by atoms with Crippen molar-refractivity contribution >= 4 is 9.84 Å². The van der Waals surface area contributed by atoms with Crippen molar-refractivity contribution in [1.29, 1.82) is 0 Å². The fourth-order valence-electron chi connectivity index (χ4n) is 1.47. The van der Waals surface area contributed by atoms with Gasteiger partial charge in [-0.15, -0.1) is 0 Å². The lowest BCUT2D eigenvalue weighted by molar-refractivity contribution is 0.516. The van der Waals surface area contributed by atoms with Gasteiger partial charge in [0.15, 0.2) is 15.7 Å². The molecule has 1 atom stereocenters. The highest BCUT2D eigenvalue weighted by Crippen LogP contribution is 2.14. The fraction of sp³-hybridized carbons (Fsp3) is 0.714. The molecule has 2 rings (SSSR count). The number of aromatic nitrogens is 3. The van der Waals surface area contributed by atoms with Crippen LogP contribution in [0.2, 0.25) is 0 Å². The molecule has 7 heteroatoms. The highest BCUT2D eigenvalue weighted by atomic mass is 32.2. The summed E-state index contributed by atoms with van der Waals surface area (Å²) < 4.78 is 22.7. The number of rotatable bonds is 1. The van der Waals surface area contributed by atoms with E-state index in [9.17, 15) is 8.42 Å². The maximum absolute atomic E-state index is 11.3. The molecule has 1 aromatic rings. The van der Waals surface area contributed by atoms with Crippen LogP contribution in [0.15, 0.2) is 0 Å². The van der Waals surface area contributed by atoms with Crippen LogP contribution in [0.1, 0.15) is 17.7 Å². The summed E-state index contributed by atoms with van der Waals surface area (Å²) in [5.74, 6) is 1.52. The summed E-state index contributed by atoms with van der Waals surface area (Å²) in [5, 5.41) is 9.72. The lowest BCUT2D eigenvalue weighted by Gasteiger charge is -2.20. The van der Waals surface area contributed by atoms with Gasteiger partial charge in [0.25, 0.3) is 0 Å². The van der Waals surface area contributed by atoms with Gasteiger partial charge < -0.3 is 5.32 Å². The van der Waals surface area contributed by atoms with E-state index in [0.717, 1.165) is 0 Å². The first-order chi connectivity index (χ1) is 6.57. The van der Waals surface area contributed by atoms with Crippen molar-refractivity contribution in [2.75, 3.05) is 18.1 Å². The third kappa shape index (κ3) is 1.93. The van der Waals surface area contributed by atoms with Gasteiger partial charge in [-0.05, 0) is 6.92 Å². The number of nitrogens with one attached hydrogen (secondary N) is 2. The first-order valence-electron chi connectivity index (χ1n) is 4.39. The molecule has 0 bridgehead atoms. The molecule has 0 aliphatic carbocycles. The van der Waals surface area contributed by atoms with Gasteiger partial charge in [0.2, 0.25) is 0 Å². The predicted octanol–water partition coefficient (Wildman–Crippen LogP) is -0.828. The predicted molar refractivity (Wildman–Crippen MR) is 50.5 cm³/mol. The van der Waals surface area contributed by atoms with Crippen LogP contribution in [0.4, 0.5) is 0 Å². The first-order valence-corrected chi connectivity index (χ1v) is 6.22. The SMILES string of the molecule is Cc1nc(C2CS(=O)(=O)CCN2)n[nH]1. The summed E-state index contributed by atoms with van der Waals surface area (Å²) >= 11 is 0. The molecular weight excluding hydrogens is 204 g/mol. The van der Waals surface area contributed by atoms with Crippen LogP contribution < -0.4 is 5.32 Å². The van der Waals surface area contributed by atoms with E-state index in [-0.39, 0.29) is 17.5 Å². The highest BCUT2D eigenvalue weighted by Gasteiger charge is 2.27. The Balaban J connectivity index is 2.20. The second kappa shape index (κ2) is 3.32. The van der Waals surface area contributed by atoms with Crippen molar-refractivity contribution < 1.29 is 8.42 Å². The molecule has 14 heavy (non-hydrogen) atoms. The highest BCUT2D eigenvalue weighted by molar-refractivity contribution is 7.91. The maximum atomic E-state index is 11.3. The average molecular weight is 216 g/mol. The molecule has 0 saturated carbocycles. The molecule has 2 N–H and O–H groups in total. The Morgan fingerprint density at radius 1 is 1.50 bits per heavy atom. The number of hydrogen-bond acceptors (Lipinski definition) is 5. The third-order valence-electron chi connectivity index (χ3n) is 2.15. The van der Waals surface area contributed by atoms with Gasteiger partial charge in [-0.2, -0.15) is 5.10 Å². The molecule has 1 aliphatic heterocycles. The molecule has 1 aliphatic rings. The topological polar surface area (TPSA) is 87.7 Å². The van der Waals surface area contributed by atoms with Crippen LogP contribution in [0.3, 0.4) is 0 Å². The Morgan fingerprint density at radius 3 is 2.86 bits per heavy atom. The summed E-state index contributed by atoms with van der Waals surface area (Å²) in [6, 6.07) is -0.265. The van der Waals surface area contributed by atoms with Crippen molar-refractivity contribution in [2.45, 2.75) is 13.0 Å². The Kier molecular flexibility index (Phi) is 2.28. The summed E-state index contributed by atoms with van der Waals surface area (Å²) in [4.78, 5) is 4.11. The normalized spacial score (nSPS) is 26.2. The van der Waals surface area contributed by atoms with Gasteiger partial charge in [-0.1, -0.05) is 0 Å². The van der Waals surface area contributed by atoms with Crippen LogP contribution in [-0.4, -0.2) is 41.6 Å². The molecule has 1 unspecified atom stereocenters. The molecule has 1 aromatic heterocycles. The molecular formula is C7H12N4O2S. The Bertz CT molecular complexity index is 425. The van der Waals surface area contributed by atoms with Crippen LogP contribution >= 0.6 is 0 Å². The monoisotopic (exact) mass is 216 g/mol. The summed E-state index contributed by atoms with van der Waals surface area (Å²) in [7, 11) is -2.93. The van der Waals surface area contributed by atoms with Crippen molar-refractivity contribution in [3.8, 4) is 0 Å². The van der Waals surface area contributed by atoms with E-state index >= 15 is 0 Å². The van der Waals surface area contributed by atoms with Crippen LogP contribution in [0.5, 0.6) is 0 Å². The number of aromatic amines is 1. The van der Waals surface area contributed by atoms with Crippen LogP contribution in [-0.2, 0) is 9.84 Å². The zero-order valence-electron chi connectivity index (χ0n) is 7.82. The van der Waals surface area contributed by atoms with Crippen LogP contribution in [0.25, 0.3) is 0 Å². The van der Waals surface area contributed by atoms with Crippen molar-refractivity contribution in [3.63, 3.8) is 0 Å². The summed E-state index contributed by atoms with van der Waals surface area (Å²) in [5.41, 5.74) is 0. The smallest absolute Gasteiger partial charge is 0.168 e. The molecule has 1 fully saturated rings. The number of H-pyrrole nitrogens is 1. The molecule has 0 aromatic carbocycles. The van der Waals surface area contributed by atoms with E-state index in [0.29, 0.717) is 18.2 Å².